The van der Waals surface area contributed by atoms with Crippen molar-refractivity contribution >= 4 is 22.8 Å². The average Bonchev–Trinajstić information content (AvgIpc) is 3.14. The van der Waals surface area contributed by atoms with Crippen LogP contribution in [-0.4, -0.2) is 38.5 Å². The number of primary amides is 1. The van der Waals surface area contributed by atoms with Crippen LogP contribution < -0.4 is 10.5 Å². The smallest absolute Gasteiger partial charge is 0.238 e. The number of ether oxygens (including phenoxy) is 1. The van der Waals surface area contributed by atoms with E-state index in [0.29, 0.717) is 25.8 Å². The standard InChI is InChI=1S/C26H30N4O3/c1-16(2)30-20-11-6-5-10-19(20)28-22(30)13-8-14-29-25(32)23(24(27)31)18-15-26(29,3)33-21-12-7-4-9-17(18)21/h4-7,9-12,16,18,23H,8,13-15H2,1-3H3,(H2,27,31)/t18-,23-,26+/m0/s1. The number of aryl methyl sites for hydroxylation is 1. The topological polar surface area (TPSA) is 90.5 Å². The summed E-state index contributed by atoms with van der Waals surface area (Å²) in [5.74, 6) is -0.222. The van der Waals surface area contributed by atoms with E-state index in [1.807, 2.05) is 49.4 Å². The third-order valence-electron chi connectivity index (χ3n) is 7.03. The van der Waals surface area contributed by atoms with Crippen LogP contribution in [-0.2, 0) is 16.0 Å². The number of para-hydroxylation sites is 3. The number of likely N-dealkylation sites (tertiary alicyclic amines) is 1. The van der Waals surface area contributed by atoms with Crippen molar-refractivity contribution < 1.29 is 14.3 Å². The van der Waals surface area contributed by atoms with Crippen LogP contribution >= 0.6 is 0 Å². The number of nitrogens with two attached hydrogens (primary N) is 1. The molecule has 0 unspecified atom stereocenters. The Kier molecular flexibility index (Phi) is 5.15. The Balaban J connectivity index is 1.41. The summed E-state index contributed by atoms with van der Waals surface area (Å²) in [5.41, 5.74) is 7.91. The fraction of sp³-hybridized carbons (Fsp3) is 0.423. The van der Waals surface area contributed by atoms with Gasteiger partial charge in [0, 0.05) is 31.3 Å². The van der Waals surface area contributed by atoms with Gasteiger partial charge in [0.25, 0.3) is 0 Å². The number of amides is 2. The summed E-state index contributed by atoms with van der Waals surface area (Å²) in [4.78, 5) is 32.4. The molecule has 2 N–H and O–H groups in total. The quantitative estimate of drug-likeness (QED) is 0.584. The van der Waals surface area contributed by atoms with Crippen molar-refractivity contribution in [1.82, 2.24) is 14.5 Å². The normalized spacial score (nSPS) is 24.1. The molecule has 1 saturated heterocycles. The Morgan fingerprint density at radius 1 is 1.21 bits per heavy atom. The Morgan fingerprint density at radius 2 is 1.94 bits per heavy atom. The largest absolute Gasteiger partial charge is 0.468 e. The monoisotopic (exact) mass is 446 g/mol. The van der Waals surface area contributed by atoms with E-state index in [2.05, 4.69) is 24.5 Å². The molecule has 2 bridgehead atoms. The predicted octanol–water partition coefficient (Wildman–Crippen LogP) is 3.78. The highest BCUT2D eigenvalue weighted by molar-refractivity contribution is 6.01. The van der Waals surface area contributed by atoms with Gasteiger partial charge in [0.05, 0.1) is 11.0 Å². The maximum Gasteiger partial charge on any atom is 0.238 e. The SMILES string of the molecule is CC(C)n1c(CCCN2C(=O)[C@H](C(N)=O)[C@H]3C[C@@]2(C)Oc2ccccc23)nc2ccccc21. The van der Waals surface area contributed by atoms with Gasteiger partial charge >= 0.3 is 0 Å². The number of hydrogen-bond acceptors (Lipinski definition) is 4. The molecule has 1 aromatic heterocycles. The molecule has 5 rings (SSSR count). The first-order chi connectivity index (χ1) is 15.8. The van der Waals surface area contributed by atoms with Crippen molar-refractivity contribution in [2.45, 2.75) is 57.7 Å². The molecule has 3 aromatic rings. The minimum atomic E-state index is -0.872. The lowest BCUT2D eigenvalue weighted by molar-refractivity contribution is -0.175. The number of carbonyl (C=O) groups excluding carboxylic acids is 2. The van der Waals surface area contributed by atoms with Gasteiger partial charge in [-0.05, 0) is 51.0 Å². The summed E-state index contributed by atoms with van der Waals surface area (Å²) in [6.07, 6.45) is 1.97. The van der Waals surface area contributed by atoms with E-state index < -0.39 is 17.6 Å². The highest BCUT2D eigenvalue weighted by Crippen LogP contribution is 2.50. The van der Waals surface area contributed by atoms with Crippen LogP contribution in [0, 0.1) is 5.92 Å². The van der Waals surface area contributed by atoms with Crippen LogP contribution in [0.2, 0.25) is 0 Å². The number of hydrogen-bond donors (Lipinski definition) is 1. The number of nitrogens with zero attached hydrogens (tertiary/aromatic N) is 3. The van der Waals surface area contributed by atoms with Gasteiger partial charge in [-0.25, -0.2) is 4.98 Å². The Hall–Kier alpha value is -3.35. The van der Waals surface area contributed by atoms with E-state index in [0.717, 1.165) is 28.2 Å². The molecule has 7 nitrogen and oxygen atoms in total. The zero-order valence-electron chi connectivity index (χ0n) is 19.3. The van der Waals surface area contributed by atoms with Gasteiger partial charge in [0.15, 0.2) is 5.72 Å². The molecule has 0 radical (unpaired) electrons. The minimum absolute atomic E-state index is 0.242. The molecule has 0 saturated carbocycles. The van der Waals surface area contributed by atoms with Gasteiger partial charge in [-0.2, -0.15) is 0 Å². The van der Waals surface area contributed by atoms with Gasteiger partial charge in [0.1, 0.15) is 17.5 Å². The van der Waals surface area contributed by atoms with Crippen LogP contribution in [0.25, 0.3) is 11.0 Å². The Morgan fingerprint density at radius 3 is 2.70 bits per heavy atom. The summed E-state index contributed by atoms with van der Waals surface area (Å²) in [6.45, 7) is 6.71. The van der Waals surface area contributed by atoms with Crippen LogP contribution in [0.4, 0.5) is 0 Å². The molecular weight excluding hydrogens is 416 g/mol. The predicted molar refractivity (Wildman–Crippen MR) is 126 cm³/mol. The number of carbonyl (C=O) groups is 2. The minimum Gasteiger partial charge on any atom is -0.468 e. The van der Waals surface area contributed by atoms with Crippen molar-refractivity contribution in [2.75, 3.05) is 6.54 Å². The second kappa shape index (κ2) is 7.90. The molecule has 1 fully saturated rings. The van der Waals surface area contributed by atoms with Gasteiger partial charge < -0.3 is 19.9 Å². The number of fused-ring (bicyclic) bond motifs is 5. The third-order valence-corrected chi connectivity index (χ3v) is 7.03. The number of rotatable bonds is 6. The fourth-order valence-corrected chi connectivity index (χ4v) is 5.62. The molecule has 2 aliphatic rings. The molecule has 3 heterocycles. The number of piperidine rings is 1. The van der Waals surface area contributed by atoms with E-state index in [1.165, 1.54) is 0 Å². The summed E-state index contributed by atoms with van der Waals surface area (Å²) in [6, 6.07) is 16.1. The van der Waals surface area contributed by atoms with Crippen molar-refractivity contribution in [2.24, 2.45) is 11.7 Å². The first kappa shape index (κ1) is 21.5. The van der Waals surface area contributed by atoms with Gasteiger partial charge in [-0.15, -0.1) is 0 Å². The number of aromatic nitrogens is 2. The molecule has 2 amide bonds. The number of imidazole rings is 1. The molecule has 7 heteroatoms. The van der Waals surface area contributed by atoms with Crippen LogP contribution in [0.3, 0.4) is 0 Å². The molecule has 2 aromatic carbocycles. The lowest BCUT2D eigenvalue weighted by Gasteiger charge is -2.52. The molecule has 3 atom stereocenters. The molecule has 0 spiro atoms. The molecule has 172 valence electrons. The maximum absolute atomic E-state index is 13.5. The van der Waals surface area contributed by atoms with Crippen LogP contribution in [0.5, 0.6) is 5.75 Å². The van der Waals surface area contributed by atoms with Gasteiger partial charge in [-0.3, -0.25) is 9.59 Å². The summed E-state index contributed by atoms with van der Waals surface area (Å²) in [5, 5.41) is 0. The maximum atomic E-state index is 13.5. The van der Waals surface area contributed by atoms with E-state index in [4.69, 9.17) is 15.5 Å². The first-order valence-corrected chi connectivity index (χ1v) is 11.6. The molecule has 33 heavy (non-hydrogen) atoms. The zero-order valence-corrected chi connectivity index (χ0v) is 19.3. The summed E-state index contributed by atoms with van der Waals surface area (Å²) >= 11 is 0. The summed E-state index contributed by atoms with van der Waals surface area (Å²) in [7, 11) is 0. The molecular formula is C26H30N4O3. The van der Waals surface area contributed by atoms with Gasteiger partial charge in [0.2, 0.25) is 11.8 Å². The second-order valence-electron chi connectivity index (χ2n) is 9.58. The molecule has 0 aliphatic carbocycles. The number of benzene rings is 2. The lowest BCUT2D eigenvalue weighted by atomic mass is 9.73. The van der Waals surface area contributed by atoms with E-state index in [1.54, 1.807) is 4.90 Å². The highest BCUT2D eigenvalue weighted by Gasteiger charge is 2.55. The molecule has 2 aliphatic heterocycles. The fourth-order valence-electron chi connectivity index (χ4n) is 5.62. The van der Waals surface area contributed by atoms with Crippen LogP contribution in [0.1, 0.15) is 57.0 Å². The highest BCUT2D eigenvalue weighted by atomic mass is 16.5. The van der Waals surface area contributed by atoms with Crippen molar-refractivity contribution in [3.8, 4) is 5.75 Å². The van der Waals surface area contributed by atoms with Crippen molar-refractivity contribution in [1.29, 1.82) is 0 Å². The zero-order chi connectivity index (χ0) is 23.3. The van der Waals surface area contributed by atoms with E-state index in [-0.39, 0.29) is 17.9 Å². The Bertz CT molecular complexity index is 1230. The summed E-state index contributed by atoms with van der Waals surface area (Å²) < 4.78 is 8.60. The lowest BCUT2D eigenvalue weighted by Crippen LogP contribution is -2.64. The second-order valence-corrected chi connectivity index (χ2v) is 9.58. The van der Waals surface area contributed by atoms with E-state index in [9.17, 15) is 9.59 Å². The first-order valence-electron chi connectivity index (χ1n) is 11.6. The Labute approximate surface area is 193 Å². The van der Waals surface area contributed by atoms with Crippen LogP contribution in [0.15, 0.2) is 48.5 Å². The third kappa shape index (κ3) is 3.46. The van der Waals surface area contributed by atoms with Gasteiger partial charge in [-0.1, -0.05) is 30.3 Å². The van der Waals surface area contributed by atoms with E-state index >= 15 is 0 Å². The van der Waals surface area contributed by atoms with Crippen molar-refractivity contribution in [3.63, 3.8) is 0 Å². The van der Waals surface area contributed by atoms with Crippen molar-refractivity contribution in [3.05, 3.63) is 59.9 Å². The average molecular weight is 447 g/mol.